The van der Waals surface area contributed by atoms with Crippen LogP contribution in [0.25, 0.3) is 0 Å². The van der Waals surface area contributed by atoms with E-state index in [-0.39, 0.29) is 13.0 Å². The number of hydrogen-bond donors (Lipinski definition) is 3. The van der Waals surface area contributed by atoms with Crippen LogP contribution in [0, 0.1) is 0 Å². The van der Waals surface area contributed by atoms with E-state index in [0.29, 0.717) is 5.56 Å². The SMILES string of the molecule is NCC(=O)N[C@@H](Cc1ccccc1)C(=O)NOC(=O)c1ccccc1. The van der Waals surface area contributed by atoms with E-state index in [1.54, 1.807) is 30.3 Å². The summed E-state index contributed by atoms with van der Waals surface area (Å²) in [6.07, 6.45) is 0.237. The van der Waals surface area contributed by atoms with Crippen molar-refractivity contribution in [2.24, 2.45) is 5.73 Å². The van der Waals surface area contributed by atoms with E-state index in [4.69, 9.17) is 10.6 Å². The van der Waals surface area contributed by atoms with Gasteiger partial charge in [-0.15, -0.1) is 0 Å². The van der Waals surface area contributed by atoms with Gasteiger partial charge in [0.25, 0.3) is 5.91 Å². The van der Waals surface area contributed by atoms with Gasteiger partial charge in [0.1, 0.15) is 6.04 Å². The second-order valence-electron chi connectivity index (χ2n) is 5.24. The topological polar surface area (TPSA) is 111 Å². The second-order valence-corrected chi connectivity index (χ2v) is 5.24. The summed E-state index contributed by atoms with van der Waals surface area (Å²) in [5.74, 6) is -1.82. The number of hydrogen-bond acceptors (Lipinski definition) is 5. The maximum Gasteiger partial charge on any atom is 0.362 e. The summed E-state index contributed by atoms with van der Waals surface area (Å²) in [7, 11) is 0. The summed E-state index contributed by atoms with van der Waals surface area (Å²) in [6, 6.07) is 16.5. The lowest BCUT2D eigenvalue weighted by molar-refractivity contribution is -0.134. The maximum absolute atomic E-state index is 12.3. The quantitative estimate of drug-likeness (QED) is 0.665. The number of amides is 2. The first kappa shape index (κ1) is 18.2. The van der Waals surface area contributed by atoms with Crippen LogP contribution in [-0.4, -0.2) is 30.4 Å². The summed E-state index contributed by atoms with van der Waals surface area (Å²) >= 11 is 0. The molecule has 0 unspecified atom stereocenters. The summed E-state index contributed by atoms with van der Waals surface area (Å²) in [4.78, 5) is 40.5. The van der Waals surface area contributed by atoms with Gasteiger partial charge in [0.05, 0.1) is 12.1 Å². The van der Waals surface area contributed by atoms with Crippen LogP contribution in [0.3, 0.4) is 0 Å². The highest BCUT2D eigenvalue weighted by Crippen LogP contribution is 2.04. The Morgan fingerprint density at radius 1 is 0.960 bits per heavy atom. The van der Waals surface area contributed by atoms with Gasteiger partial charge in [-0.05, 0) is 17.7 Å². The lowest BCUT2D eigenvalue weighted by atomic mass is 10.1. The van der Waals surface area contributed by atoms with Gasteiger partial charge in [0.15, 0.2) is 0 Å². The summed E-state index contributed by atoms with van der Waals surface area (Å²) < 4.78 is 0. The number of nitrogens with one attached hydrogen (secondary N) is 2. The molecule has 0 heterocycles. The van der Waals surface area contributed by atoms with Crippen LogP contribution >= 0.6 is 0 Å². The van der Waals surface area contributed by atoms with Crippen molar-refractivity contribution in [2.75, 3.05) is 6.54 Å². The van der Waals surface area contributed by atoms with Gasteiger partial charge in [0, 0.05) is 6.42 Å². The van der Waals surface area contributed by atoms with E-state index in [9.17, 15) is 14.4 Å². The monoisotopic (exact) mass is 341 g/mol. The molecule has 25 heavy (non-hydrogen) atoms. The molecule has 7 heteroatoms. The lowest BCUT2D eigenvalue weighted by Crippen LogP contribution is -2.50. The van der Waals surface area contributed by atoms with E-state index in [1.807, 2.05) is 30.3 Å². The molecule has 0 saturated heterocycles. The molecule has 1 atom stereocenters. The Morgan fingerprint density at radius 3 is 2.16 bits per heavy atom. The van der Waals surface area contributed by atoms with Crippen molar-refractivity contribution >= 4 is 17.8 Å². The molecule has 0 saturated carbocycles. The van der Waals surface area contributed by atoms with Crippen LogP contribution in [0.4, 0.5) is 0 Å². The Kier molecular flexibility index (Phi) is 6.67. The summed E-state index contributed by atoms with van der Waals surface area (Å²) in [5.41, 5.74) is 8.51. The minimum atomic E-state index is -0.915. The first-order valence-corrected chi connectivity index (χ1v) is 7.69. The Labute approximate surface area is 145 Å². The summed E-state index contributed by atoms with van der Waals surface area (Å²) in [6.45, 7) is -0.248. The molecule has 0 fully saturated rings. The number of carbonyl (C=O) groups is 3. The minimum absolute atomic E-state index is 0.237. The van der Waals surface area contributed by atoms with Crippen LogP contribution in [0.2, 0.25) is 0 Å². The molecule has 0 aliphatic carbocycles. The first-order chi connectivity index (χ1) is 12.1. The number of hydroxylamine groups is 1. The highest BCUT2D eigenvalue weighted by atomic mass is 16.7. The third-order valence-electron chi connectivity index (χ3n) is 3.37. The van der Waals surface area contributed by atoms with Crippen LogP contribution < -0.4 is 16.5 Å². The fraction of sp³-hybridized carbons (Fsp3) is 0.167. The third kappa shape index (κ3) is 5.74. The maximum atomic E-state index is 12.3. The van der Waals surface area contributed by atoms with Crippen LogP contribution in [0.15, 0.2) is 60.7 Å². The zero-order valence-electron chi connectivity index (χ0n) is 13.5. The van der Waals surface area contributed by atoms with E-state index in [0.717, 1.165) is 5.56 Å². The number of rotatable bonds is 6. The van der Waals surface area contributed by atoms with E-state index >= 15 is 0 Å². The van der Waals surface area contributed by atoms with Crippen LogP contribution in [-0.2, 0) is 20.8 Å². The fourth-order valence-corrected chi connectivity index (χ4v) is 2.11. The molecular formula is C18H19N3O4. The van der Waals surface area contributed by atoms with E-state index in [1.165, 1.54) is 0 Å². The molecule has 0 aromatic heterocycles. The Hall–Kier alpha value is -3.19. The van der Waals surface area contributed by atoms with Crippen molar-refractivity contribution in [1.82, 2.24) is 10.8 Å². The number of nitrogens with two attached hydrogens (primary N) is 1. The van der Waals surface area contributed by atoms with Gasteiger partial charge >= 0.3 is 5.97 Å². The predicted molar refractivity (Wildman–Crippen MR) is 91.1 cm³/mol. The molecule has 130 valence electrons. The molecule has 2 amide bonds. The zero-order valence-corrected chi connectivity index (χ0v) is 13.5. The third-order valence-corrected chi connectivity index (χ3v) is 3.37. The Balaban J connectivity index is 1.99. The number of carbonyl (C=O) groups excluding carboxylic acids is 3. The second kappa shape index (κ2) is 9.19. The van der Waals surface area contributed by atoms with E-state index in [2.05, 4.69) is 10.8 Å². The average molecular weight is 341 g/mol. The van der Waals surface area contributed by atoms with Gasteiger partial charge in [-0.3, -0.25) is 9.59 Å². The standard InChI is InChI=1S/C18H19N3O4/c19-12-16(22)20-15(11-13-7-3-1-4-8-13)17(23)21-25-18(24)14-9-5-2-6-10-14/h1-10,15H,11-12,19H2,(H,20,22)(H,21,23)/t15-/m0/s1. The molecule has 0 aliphatic heterocycles. The minimum Gasteiger partial charge on any atom is -0.343 e. The molecule has 0 radical (unpaired) electrons. The predicted octanol–water partition coefficient (Wildman–Crippen LogP) is 0.561. The molecule has 0 bridgehead atoms. The number of benzene rings is 2. The van der Waals surface area contributed by atoms with Crippen molar-refractivity contribution in [3.63, 3.8) is 0 Å². The van der Waals surface area contributed by atoms with Crippen molar-refractivity contribution in [3.8, 4) is 0 Å². The smallest absolute Gasteiger partial charge is 0.343 e. The molecule has 2 aromatic rings. The Bertz CT molecular complexity index is 720. The lowest BCUT2D eigenvalue weighted by Gasteiger charge is -2.17. The molecule has 2 aromatic carbocycles. The van der Waals surface area contributed by atoms with Gasteiger partial charge in [-0.1, -0.05) is 48.5 Å². The zero-order chi connectivity index (χ0) is 18.1. The van der Waals surface area contributed by atoms with Crippen molar-refractivity contribution in [1.29, 1.82) is 0 Å². The average Bonchev–Trinajstić information content (AvgIpc) is 2.66. The molecule has 0 spiro atoms. The molecule has 4 N–H and O–H groups in total. The summed E-state index contributed by atoms with van der Waals surface area (Å²) in [5, 5.41) is 2.51. The largest absolute Gasteiger partial charge is 0.362 e. The normalized spacial score (nSPS) is 11.2. The highest BCUT2D eigenvalue weighted by Gasteiger charge is 2.22. The fourth-order valence-electron chi connectivity index (χ4n) is 2.11. The molecule has 7 nitrogen and oxygen atoms in total. The Morgan fingerprint density at radius 2 is 1.56 bits per heavy atom. The molecule has 0 aliphatic rings. The first-order valence-electron chi connectivity index (χ1n) is 7.69. The van der Waals surface area contributed by atoms with Crippen molar-refractivity contribution in [2.45, 2.75) is 12.5 Å². The molecular weight excluding hydrogens is 322 g/mol. The van der Waals surface area contributed by atoms with Crippen LogP contribution in [0.5, 0.6) is 0 Å². The highest BCUT2D eigenvalue weighted by molar-refractivity contribution is 5.92. The van der Waals surface area contributed by atoms with Gasteiger partial charge in [0.2, 0.25) is 5.91 Å². The van der Waals surface area contributed by atoms with Crippen LogP contribution in [0.1, 0.15) is 15.9 Å². The van der Waals surface area contributed by atoms with E-state index < -0.39 is 23.8 Å². The van der Waals surface area contributed by atoms with Gasteiger partial charge in [-0.25, -0.2) is 4.79 Å². The van der Waals surface area contributed by atoms with Crippen molar-refractivity contribution < 1.29 is 19.2 Å². The van der Waals surface area contributed by atoms with Gasteiger partial charge in [-0.2, -0.15) is 5.48 Å². The molecule has 2 rings (SSSR count). The van der Waals surface area contributed by atoms with Gasteiger partial charge < -0.3 is 15.9 Å². The van der Waals surface area contributed by atoms with Crippen molar-refractivity contribution in [3.05, 3.63) is 71.8 Å².